The number of methoxy groups -OCH3 is 1. The van der Waals surface area contributed by atoms with Crippen molar-refractivity contribution in [2.24, 2.45) is 61.4 Å². The van der Waals surface area contributed by atoms with E-state index in [0.717, 1.165) is 97.3 Å². The van der Waals surface area contributed by atoms with Gasteiger partial charge in [0.15, 0.2) is 0 Å². The van der Waals surface area contributed by atoms with Crippen LogP contribution in [0.2, 0.25) is 0 Å². The predicted octanol–water partition coefficient (Wildman–Crippen LogP) is 41.5. The highest BCUT2D eigenvalue weighted by Crippen LogP contribution is 2.49. The van der Waals surface area contributed by atoms with E-state index in [1.54, 1.807) is 89.4 Å². The summed E-state index contributed by atoms with van der Waals surface area (Å²) in [5, 5.41) is 55.8. The van der Waals surface area contributed by atoms with E-state index in [1.807, 2.05) is 213 Å². The third kappa shape index (κ3) is 31.3. The van der Waals surface area contributed by atoms with Gasteiger partial charge in [0.2, 0.25) is 0 Å². The van der Waals surface area contributed by atoms with E-state index in [9.17, 15) is 0 Å². The number of hydrogen-bond acceptors (Lipinski definition) is 20. The Labute approximate surface area is 866 Å². The lowest BCUT2D eigenvalue weighted by Gasteiger charge is -2.33. The van der Waals surface area contributed by atoms with E-state index in [2.05, 4.69) is 348 Å². The fraction of sp³-hybridized carbons (Fsp3) is 0.223. The fourth-order valence-corrected chi connectivity index (χ4v) is 20.8. The van der Waals surface area contributed by atoms with Gasteiger partial charge in [-0.05, 0) is 283 Å². The zero-order valence-electron chi connectivity index (χ0n) is 84.8. The van der Waals surface area contributed by atoms with Crippen molar-refractivity contribution in [1.29, 1.82) is 0 Å². The van der Waals surface area contributed by atoms with Crippen LogP contribution in [-0.4, -0.2) is 44.6 Å². The minimum absolute atomic E-state index is 0.106. The molecule has 141 heavy (non-hydrogen) atoms. The first kappa shape index (κ1) is 109. The number of fused-ring (bicyclic) bond motifs is 1. The summed E-state index contributed by atoms with van der Waals surface area (Å²) in [7, 11) is 1.66. The maximum absolute atomic E-state index is 5.28. The Kier molecular flexibility index (Phi) is 42.2. The summed E-state index contributed by atoms with van der Waals surface area (Å²) in [4.78, 5) is 9.47. The second kappa shape index (κ2) is 54.6. The minimum Gasteiger partial charge on any atom is -0.497 e. The number of nitrogens with zero attached hydrogens (tertiary/aromatic N) is 12. The van der Waals surface area contributed by atoms with Crippen molar-refractivity contribution in [3.05, 3.63) is 426 Å². The molecule has 16 aromatic rings. The molecule has 0 amide bonds. The number of aryl methyl sites for hydroxylation is 4. The molecule has 0 aliphatic heterocycles. The lowest BCUT2D eigenvalue weighted by molar-refractivity contribution is 0.414. The number of benzene rings is 16. The quantitative estimate of drug-likeness (QED) is 0.0331. The molecule has 0 saturated heterocycles. The van der Waals surface area contributed by atoms with Gasteiger partial charge in [0, 0.05) is 56.1 Å². The molecule has 0 bridgehead atoms. The monoisotopic (exact) mass is 1990 g/mol. The van der Waals surface area contributed by atoms with E-state index in [0.29, 0.717) is 0 Å². The number of azo groups is 6. The predicted molar refractivity (Wildman–Crippen MR) is 610 cm³/mol. The van der Waals surface area contributed by atoms with Crippen LogP contribution in [0.4, 0.5) is 68.2 Å². The summed E-state index contributed by atoms with van der Waals surface area (Å²) < 4.78 is 5.28. The lowest BCUT2D eigenvalue weighted by atomic mass is 9.73. The third-order valence-corrected chi connectivity index (χ3v) is 30.4. The van der Waals surface area contributed by atoms with Crippen LogP contribution in [-0.2, 0) is 21.7 Å². The molecule has 16 aromatic carbocycles. The number of thioether (sulfide) groups is 6. The normalized spacial score (nSPS) is 11.7. The van der Waals surface area contributed by atoms with Crippen LogP contribution < -0.4 is 4.74 Å². The number of rotatable bonds is 29. The topological polar surface area (TPSA) is 158 Å². The molecule has 13 nitrogen and oxygen atoms in total. The molecule has 720 valence electrons. The Hall–Kier alpha value is -12.4. The highest BCUT2D eigenvalue weighted by Gasteiger charge is 2.33. The standard InChI is InChI=1S/C31H32N2S.C23H32N2S.C20H18N2S2.C17H14N2S.C15H16N2OS.C15H16N2S/c1-30(2,23-15-9-6-10-16-23)25-21-27(31(3,4)24-17-11-7-12-18-24)29(34-5)28(22-25)33-32-26-19-13-8-14-20-26;1-8-22(3,4)17-15-19(23(5,6)9-2)21(26-7)20(16-17)25-24-18-13-11-10-12-14-18;1-15-13-18(24-17-11-7-4-8-12-17)14-19(20(15)23-2)22-21-16-9-5-3-6-10-16;1-20-17-15-10-6-5-7-13(15)11-12-16(17)19-18-14-8-3-2-4-9-14;1-11-9-13(18-2)10-14(15(11)19-3)17-16-12-7-5-4-6-8-12;1-11-9-12(2)15(18-3)14(10-11)17-16-13-7-5-4-6-8-13/h6-22H,1-5H3;10-16H,8-9H2,1-7H3;3-14H,1-2H3;2-12H,1H3;4-10H,1-3H3;4-10H,1-3H3. The van der Waals surface area contributed by atoms with Crippen molar-refractivity contribution in [1.82, 2.24) is 0 Å². The van der Waals surface area contributed by atoms with E-state index in [-0.39, 0.29) is 21.7 Å². The Bertz CT molecular complexity index is 6860. The summed E-state index contributed by atoms with van der Waals surface area (Å²) in [5.74, 6) is 0.803. The molecule has 0 radical (unpaired) electrons. The fourth-order valence-electron chi connectivity index (χ4n) is 15.3. The average Bonchev–Trinajstić information content (AvgIpc) is 0.761. The van der Waals surface area contributed by atoms with E-state index in [4.69, 9.17) is 9.85 Å². The molecule has 0 unspecified atom stereocenters. The molecule has 0 atom stereocenters. The lowest BCUT2D eigenvalue weighted by Crippen LogP contribution is -2.24. The second-order valence-corrected chi connectivity index (χ2v) is 41.5. The molecule has 0 saturated carbocycles. The van der Waals surface area contributed by atoms with Crippen LogP contribution in [0.25, 0.3) is 10.8 Å². The van der Waals surface area contributed by atoms with Gasteiger partial charge >= 0.3 is 0 Å². The highest BCUT2D eigenvalue weighted by molar-refractivity contribution is 8.00. The highest BCUT2D eigenvalue weighted by atomic mass is 32.2. The Morgan fingerprint density at radius 3 is 0.957 bits per heavy atom. The van der Waals surface area contributed by atoms with Gasteiger partial charge in [0.1, 0.15) is 17.1 Å². The first-order valence-corrected chi connectivity index (χ1v) is 55.1. The zero-order valence-corrected chi connectivity index (χ0v) is 90.5. The van der Waals surface area contributed by atoms with Crippen molar-refractivity contribution < 1.29 is 4.74 Å². The largest absolute Gasteiger partial charge is 0.497 e. The van der Waals surface area contributed by atoms with E-state index < -0.39 is 0 Å². The summed E-state index contributed by atoms with van der Waals surface area (Å²) in [5.41, 5.74) is 23.2. The van der Waals surface area contributed by atoms with E-state index in [1.165, 1.54) is 95.1 Å². The molecule has 0 aliphatic rings. The SMILES string of the molecule is CCC(C)(C)c1cc(N=Nc2ccccc2)c(SC)c(C(C)(C)CC)c1.COc1cc(C)c(SC)c(N=Nc2ccccc2)c1.CSc1c(C)cc(C)cc1N=Nc1ccccc1.CSc1c(C)cc(Sc2ccccc2)cc1N=Nc1ccccc1.CSc1c(N=Nc2ccccc2)cc(C(C)(C)c2ccccc2)cc1C(C)(C)c1ccccc1.CSc1c(N=Nc2ccccc2)ccc2ccccc12. The van der Waals surface area contributed by atoms with Crippen LogP contribution in [0, 0.1) is 27.7 Å². The van der Waals surface area contributed by atoms with Gasteiger partial charge in [-0.15, -0.1) is 101 Å². The van der Waals surface area contributed by atoms with Gasteiger partial charge in [-0.1, -0.05) is 318 Å². The smallest absolute Gasteiger partial charge is 0.121 e. The summed E-state index contributed by atoms with van der Waals surface area (Å²) in [6.07, 6.45) is 14.7. The maximum atomic E-state index is 5.28. The third-order valence-electron chi connectivity index (χ3n) is 24.1. The summed E-state index contributed by atoms with van der Waals surface area (Å²) in [6, 6.07) is 125. The first-order chi connectivity index (χ1) is 68.2. The van der Waals surface area contributed by atoms with Crippen LogP contribution >= 0.6 is 82.3 Å². The molecule has 0 N–H and O–H groups in total. The van der Waals surface area contributed by atoms with Gasteiger partial charge in [-0.2, -0.15) is 30.7 Å². The number of hydrogen-bond donors (Lipinski definition) is 0. The molecule has 16 rings (SSSR count). The first-order valence-electron chi connectivity index (χ1n) is 46.9. The molecular weight excluding hydrogens is 1860 g/mol. The molecule has 0 fully saturated rings. The van der Waals surface area contributed by atoms with Crippen molar-refractivity contribution in [2.75, 3.05) is 44.6 Å². The van der Waals surface area contributed by atoms with Gasteiger partial charge < -0.3 is 4.74 Å². The summed E-state index contributed by atoms with van der Waals surface area (Å²) >= 11 is 12.1. The van der Waals surface area contributed by atoms with Crippen LogP contribution in [0.3, 0.4) is 0 Å². The zero-order chi connectivity index (χ0) is 101. The molecule has 0 aromatic heterocycles. The second-order valence-electron chi connectivity index (χ2n) is 35.5. The van der Waals surface area contributed by atoms with Crippen molar-refractivity contribution in [3.8, 4) is 5.75 Å². The Morgan fingerprint density at radius 1 is 0.241 bits per heavy atom. The molecule has 0 heterocycles. The van der Waals surface area contributed by atoms with Crippen molar-refractivity contribution in [2.45, 2.75) is 171 Å². The van der Waals surface area contributed by atoms with Crippen molar-refractivity contribution >= 4 is 161 Å². The van der Waals surface area contributed by atoms with E-state index >= 15 is 0 Å². The average molecular weight is 1990 g/mol. The van der Waals surface area contributed by atoms with Gasteiger partial charge in [0.05, 0.1) is 64.0 Å². The Balaban J connectivity index is 0.000000164. The minimum atomic E-state index is -0.195. The molecular formula is C121H128N12OS7. The summed E-state index contributed by atoms with van der Waals surface area (Å²) in [6.45, 7) is 31.3. The molecule has 20 heteroatoms. The van der Waals surface area contributed by atoms with Crippen LogP contribution in [0.1, 0.15) is 138 Å². The maximum Gasteiger partial charge on any atom is 0.121 e. The number of ether oxygens (including phenoxy) is 1. The van der Waals surface area contributed by atoms with Gasteiger partial charge in [0.25, 0.3) is 0 Å². The van der Waals surface area contributed by atoms with Crippen molar-refractivity contribution in [3.63, 3.8) is 0 Å². The molecule has 0 spiro atoms. The van der Waals surface area contributed by atoms with Gasteiger partial charge in [-0.3, -0.25) is 0 Å². The van der Waals surface area contributed by atoms with Crippen LogP contribution in [0.15, 0.2) is 471 Å². The molecule has 0 aliphatic carbocycles. The van der Waals surface area contributed by atoms with Crippen LogP contribution in [0.5, 0.6) is 5.75 Å². The van der Waals surface area contributed by atoms with Gasteiger partial charge in [-0.25, -0.2) is 0 Å². The Morgan fingerprint density at radius 2 is 0.560 bits per heavy atom.